The first-order valence-electron chi connectivity index (χ1n) is 4.25. The highest BCUT2D eigenvalue weighted by Crippen LogP contribution is 2.22. The van der Waals surface area contributed by atoms with E-state index in [-0.39, 0.29) is 6.10 Å². The van der Waals surface area contributed by atoms with Crippen LogP contribution in [0.3, 0.4) is 0 Å². The van der Waals surface area contributed by atoms with Crippen LogP contribution < -0.4 is 0 Å². The quantitative estimate of drug-likeness (QED) is 0.826. The molecule has 1 rings (SSSR count). The third-order valence-corrected chi connectivity index (χ3v) is 2.54. The minimum absolute atomic E-state index is 0.337. The number of hydrogen-bond acceptors (Lipinski definition) is 1. The third-order valence-electron chi connectivity index (χ3n) is 1.93. The first-order chi connectivity index (χ1) is 6.13. The van der Waals surface area contributed by atoms with Gasteiger partial charge >= 0.3 is 0 Å². The zero-order valence-corrected chi connectivity index (χ0v) is 8.94. The summed E-state index contributed by atoms with van der Waals surface area (Å²) in [5, 5.41) is 10.7. The zero-order valence-electron chi connectivity index (χ0n) is 7.43. The Morgan fingerprint density at radius 3 is 2.69 bits per heavy atom. The molecule has 0 spiro atoms. The lowest BCUT2D eigenvalue weighted by molar-refractivity contribution is 0.171. The van der Waals surface area contributed by atoms with E-state index in [2.05, 4.69) is 0 Å². The van der Waals surface area contributed by atoms with E-state index in [4.69, 9.17) is 23.2 Å². The molecule has 13 heavy (non-hydrogen) atoms. The Morgan fingerprint density at radius 1 is 1.38 bits per heavy atom. The highest BCUT2D eigenvalue weighted by Gasteiger charge is 2.06. The van der Waals surface area contributed by atoms with Gasteiger partial charge in [0.2, 0.25) is 0 Å². The van der Waals surface area contributed by atoms with E-state index in [0.29, 0.717) is 16.5 Å². The average Bonchev–Trinajstić information content (AvgIpc) is 2.11. The number of aliphatic hydroxyl groups excluding tert-OH is 1. The summed E-state index contributed by atoms with van der Waals surface area (Å²) in [7, 11) is 0. The van der Waals surface area contributed by atoms with Crippen LogP contribution in [0.4, 0.5) is 0 Å². The molecule has 0 heterocycles. The van der Waals surface area contributed by atoms with Gasteiger partial charge in [0.15, 0.2) is 0 Å². The summed E-state index contributed by atoms with van der Waals surface area (Å²) in [5.41, 5.74) is 0.906. The van der Waals surface area contributed by atoms with Crippen molar-refractivity contribution >= 4 is 23.2 Å². The van der Waals surface area contributed by atoms with Crippen LogP contribution in [0.1, 0.15) is 18.9 Å². The lowest BCUT2D eigenvalue weighted by atomic mass is 10.1. The van der Waals surface area contributed by atoms with Crippen LogP contribution in [0.5, 0.6) is 0 Å². The van der Waals surface area contributed by atoms with Crippen molar-refractivity contribution in [3.8, 4) is 0 Å². The Bertz CT molecular complexity index is 286. The van der Waals surface area contributed by atoms with E-state index in [1.165, 1.54) is 0 Å². The predicted molar refractivity (Wildman–Crippen MR) is 56.5 cm³/mol. The standard InChI is InChI=1S/C10H12Cl2O/c1-2-9(13)6-7-5-8(11)3-4-10(7)12/h3-5,9,13H,2,6H2,1H3. The Kier molecular flexibility index (Phi) is 4.04. The molecule has 0 aliphatic heterocycles. The fraction of sp³-hybridized carbons (Fsp3) is 0.400. The van der Waals surface area contributed by atoms with Gasteiger partial charge in [-0.1, -0.05) is 30.1 Å². The largest absolute Gasteiger partial charge is 0.393 e. The highest BCUT2D eigenvalue weighted by atomic mass is 35.5. The van der Waals surface area contributed by atoms with Crippen molar-refractivity contribution in [2.45, 2.75) is 25.9 Å². The summed E-state index contributed by atoms with van der Waals surface area (Å²) in [6, 6.07) is 5.29. The molecule has 0 fully saturated rings. The maximum Gasteiger partial charge on any atom is 0.0578 e. The lowest BCUT2D eigenvalue weighted by Gasteiger charge is -2.09. The second kappa shape index (κ2) is 4.85. The molecule has 1 aromatic carbocycles. The maximum absolute atomic E-state index is 9.42. The molecule has 72 valence electrons. The Hall–Kier alpha value is -0.240. The van der Waals surface area contributed by atoms with Gasteiger partial charge in [0, 0.05) is 10.0 Å². The molecule has 0 bridgehead atoms. The number of aliphatic hydroxyl groups is 1. The van der Waals surface area contributed by atoms with Gasteiger partial charge in [0.1, 0.15) is 0 Å². The van der Waals surface area contributed by atoms with Crippen molar-refractivity contribution in [3.63, 3.8) is 0 Å². The predicted octanol–water partition coefficient (Wildman–Crippen LogP) is 3.31. The molecular weight excluding hydrogens is 207 g/mol. The number of hydrogen-bond donors (Lipinski definition) is 1. The van der Waals surface area contributed by atoms with Crippen LogP contribution >= 0.6 is 23.2 Å². The van der Waals surface area contributed by atoms with Gasteiger partial charge in [-0.25, -0.2) is 0 Å². The minimum atomic E-state index is -0.337. The summed E-state index contributed by atoms with van der Waals surface area (Å²) < 4.78 is 0. The van der Waals surface area contributed by atoms with Crippen molar-refractivity contribution in [1.82, 2.24) is 0 Å². The van der Waals surface area contributed by atoms with Crippen LogP contribution in [0.2, 0.25) is 10.0 Å². The first-order valence-corrected chi connectivity index (χ1v) is 5.01. The smallest absolute Gasteiger partial charge is 0.0578 e. The van der Waals surface area contributed by atoms with Crippen molar-refractivity contribution in [1.29, 1.82) is 0 Å². The molecule has 1 atom stereocenters. The topological polar surface area (TPSA) is 20.2 Å². The Morgan fingerprint density at radius 2 is 2.08 bits per heavy atom. The second-order valence-corrected chi connectivity index (χ2v) is 3.85. The molecule has 1 aromatic rings. The molecule has 0 aromatic heterocycles. The van der Waals surface area contributed by atoms with Gasteiger partial charge in [-0.15, -0.1) is 0 Å². The molecule has 1 N–H and O–H groups in total. The minimum Gasteiger partial charge on any atom is -0.393 e. The molecule has 1 nitrogen and oxygen atoms in total. The van der Waals surface area contributed by atoms with E-state index < -0.39 is 0 Å². The van der Waals surface area contributed by atoms with Crippen LogP contribution in [-0.4, -0.2) is 11.2 Å². The van der Waals surface area contributed by atoms with Gasteiger partial charge in [0.25, 0.3) is 0 Å². The van der Waals surface area contributed by atoms with E-state index in [1.54, 1.807) is 18.2 Å². The number of rotatable bonds is 3. The number of halogens is 2. The maximum atomic E-state index is 9.42. The summed E-state index contributed by atoms with van der Waals surface area (Å²) in [6.07, 6.45) is 0.953. The molecule has 0 amide bonds. The molecule has 0 saturated carbocycles. The van der Waals surface area contributed by atoms with Gasteiger partial charge in [-0.2, -0.15) is 0 Å². The van der Waals surface area contributed by atoms with Gasteiger partial charge < -0.3 is 5.11 Å². The summed E-state index contributed by atoms with van der Waals surface area (Å²) in [4.78, 5) is 0. The Labute approximate surface area is 88.3 Å². The molecular formula is C10H12Cl2O. The second-order valence-electron chi connectivity index (χ2n) is 3.00. The van der Waals surface area contributed by atoms with Crippen molar-refractivity contribution in [3.05, 3.63) is 33.8 Å². The van der Waals surface area contributed by atoms with Gasteiger partial charge in [-0.05, 0) is 36.6 Å². The third kappa shape index (κ3) is 3.18. The van der Waals surface area contributed by atoms with Crippen LogP contribution in [0.25, 0.3) is 0 Å². The normalized spacial score (nSPS) is 12.9. The van der Waals surface area contributed by atoms with Crippen molar-refractivity contribution in [2.75, 3.05) is 0 Å². The molecule has 0 aliphatic rings. The van der Waals surface area contributed by atoms with E-state index in [1.807, 2.05) is 6.92 Å². The fourth-order valence-electron chi connectivity index (χ4n) is 1.10. The van der Waals surface area contributed by atoms with E-state index in [9.17, 15) is 5.11 Å². The highest BCUT2D eigenvalue weighted by molar-refractivity contribution is 6.33. The van der Waals surface area contributed by atoms with E-state index in [0.717, 1.165) is 12.0 Å². The summed E-state index contributed by atoms with van der Waals surface area (Å²) in [6.45, 7) is 1.93. The molecule has 3 heteroatoms. The molecule has 0 saturated heterocycles. The lowest BCUT2D eigenvalue weighted by Crippen LogP contribution is -2.08. The fourth-order valence-corrected chi connectivity index (χ4v) is 1.49. The Balaban J connectivity index is 2.81. The van der Waals surface area contributed by atoms with Gasteiger partial charge in [0.05, 0.1) is 6.10 Å². The zero-order chi connectivity index (χ0) is 9.84. The molecule has 0 radical (unpaired) electrons. The molecule has 0 aliphatic carbocycles. The monoisotopic (exact) mass is 218 g/mol. The van der Waals surface area contributed by atoms with Crippen molar-refractivity contribution < 1.29 is 5.11 Å². The SMILES string of the molecule is CCC(O)Cc1cc(Cl)ccc1Cl. The first kappa shape index (κ1) is 10.8. The summed E-state index contributed by atoms with van der Waals surface area (Å²) in [5.74, 6) is 0. The average molecular weight is 219 g/mol. The van der Waals surface area contributed by atoms with Crippen LogP contribution in [0.15, 0.2) is 18.2 Å². The van der Waals surface area contributed by atoms with E-state index >= 15 is 0 Å². The van der Waals surface area contributed by atoms with Crippen molar-refractivity contribution in [2.24, 2.45) is 0 Å². The van der Waals surface area contributed by atoms with Gasteiger partial charge in [-0.3, -0.25) is 0 Å². The van der Waals surface area contributed by atoms with Crippen LogP contribution in [0, 0.1) is 0 Å². The van der Waals surface area contributed by atoms with Crippen LogP contribution in [-0.2, 0) is 6.42 Å². The molecule has 1 unspecified atom stereocenters. The number of benzene rings is 1. The summed E-state index contributed by atoms with van der Waals surface area (Å²) >= 11 is 11.7.